The lowest BCUT2D eigenvalue weighted by molar-refractivity contribution is 0.181. The largest absolute Gasteiger partial charge is 0.505 e. The fourth-order valence-corrected chi connectivity index (χ4v) is 1.04. The molecule has 0 aliphatic heterocycles. The van der Waals surface area contributed by atoms with Crippen LogP contribution in [0.1, 0.15) is 11.6 Å². The maximum absolute atomic E-state index is 12.6. The number of nitrogens with two attached hydrogens (primary N) is 1. The highest BCUT2D eigenvalue weighted by Crippen LogP contribution is 2.20. The Balaban J connectivity index is 2.84. The predicted molar refractivity (Wildman–Crippen MR) is 46.9 cm³/mol. The molecule has 0 heterocycles. The zero-order valence-corrected chi connectivity index (χ0v) is 7.33. The molecule has 4 heteroatoms. The van der Waals surface area contributed by atoms with Crippen LogP contribution in [0.25, 0.3) is 0 Å². The molecule has 1 aromatic carbocycles. The van der Waals surface area contributed by atoms with Crippen LogP contribution in [0.4, 0.5) is 4.39 Å². The van der Waals surface area contributed by atoms with Gasteiger partial charge in [-0.1, -0.05) is 6.07 Å². The molecule has 0 aromatic heterocycles. The first-order chi connectivity index (χ1) is 6.15. The van der Waals surface area contributed by atoms with E-state index in [1.54, 1.807) is 0 Å². The van der Waals surface area contributed by atoms with Crippen molar-refractivity contribution < 1.29 is 14.2 Å². The van der Waals surface area contributed by atoms with Gasteiger partial charge in [-0.3, -0.25) is 0 Å². The summed E-state index contributed by atoms with van der Waals surface area (Å²) in [4.78, 5) is 0. The van der Waals surface area contributed by atoms with Crippen molar-refractivity contribution in [2.24, 2.45) is 5.73 Å². The van der Waals surface area contributed by atoms with Crippen LogP contribution in [0.3, 0.4) is 0 Å². The van der Waals surface area contributed by atoms with E-state index in [1.165, 1.54) is 25.3 Å². The normalized spacial score (nSPS) is 12.8. The number of aromatic hydroxyl groups is 1. The molecule has 0 saturated heterocycles. The van der Waals surface area contributed by atoms with E-state index in [1.807, 2.05) is 0 Å². The van der Waals surface area contributed by atoms with E-state index < -0.39 is 5.82 Å². The number of benzene rings is 1. The maximum atomic E-state index is 12.6. The zero-order valence-electron chi connectivity index (χ0n) is 7.33. The summed E-state index contributed by atoms with van der Waals surface area (Å²) in [6, 6.07) is 3.68. The lowest BCUT2D eigenvalue weighted by Crippen LogP contribution is -2.15. The third kappa shape index (κ3) is 2.40. The average Bonchev–Trinajstić information content (AvgIpc) is 2.10. The van der Waals surface area contributed by atoms with Crippen LogP contribution in [-0.4, -0.2) is 18.8 Å². The summed E-state index contributed by atoms with van der Waals surface area (Å²) in [6.45, 7) is 0.338. The van der Waals surface area contributed by atoms with Crippen LogP contribution >= 0.6 is 0 Å². The van der Waals surface area contributed by atoms with Crippen LogP contribution in [0, 0.1) is 5.82 Å². The first-order valence-corrected chi connectivity index (χ1v) is 3.88. The second-order valence-corrected chi connectivity index (χ2v) is 2.77. The summed E-state index contributed by atoms with van der Waals surface area (Å²) in [6.07, 6.45) is 0. The Labute approximate surface area is 75.9 Å². The first-order valence-electron chi connectivity index (χ1n) is 3.88. The molecule has 0 unspecified atom stereocenters. The van der Waals surface area contributed by atoms with Crippen molar-refractivity contribution in [3.05, 3.63) is 29.6 Å². The maximum Gasteiger partial charge on any atom is 0.164 e. The lowest BCUT2D eigenvalue weighted by Gasteiger charge is -2.10. The number of phenolic OH excluding ortho intramolecular Hbond substituents is 1. The Morgan fingerprint density at radius 1 is 1.62 bits per heavy atom. The van der Waals surface area contributed by atoms with Gasteiger partial charge in [0.2, 0.25) is 0 Å². The van der Waals surface area contributed by atoms with E-state index in [0.717, 1.165) is 0 Å². The third-order valence-corrected chi connectivity index (χ3v) is 1.74. The van der Waals surface area contributed by atoms with Gasteiger partial charge in [-0.2, -0.15) is 0 Å². The molecule has 3 nitrogen and oxygen atoms in total. The highest BCUT2D eigenvalue weighted by atomic mass is 19.1. The topological polar surface area (TPSA) is 55.5 Å². The van der Waals surface area contributed by atoms with Gasteiger partial charge in [0, 0.05) is 7.11 Å². The van der Waals surface area contributed by atoms with Gasteiger partial charge in [-0.25, -0.2) is 4.39 Å². The highest BCUT2D eigenvalue weighted by Gasteiger charge is 2.08. The SMILES string of the molecule is COC[C@H](N)c1ccc(F)c(O)c1. The fourth-order valence-electron chi connectivity index (χ4n) is 1.04. The number of hydrogen-bond acceptors (Lipinski definition) is 3. The quantitative estimate of drug-likeness (QED) is 0.743. The van der Waals surface area contributed by atoms with Crippen molar-refractivity contribution in [1.82, 2.24) is 0 Å². The number of hydrogen-bond donors (Lipinski definition) is 2. The Bertz CT molecular complexity index is 291. The number of rotatable bonds is 3. The number of ether oxygens (including phenoxy) is 1. The average molecular weight is 185 g/mol. The summed E-state index contributed by atoms with van der Waals surface area (Å²) in [5.41, 5.74) is 6.32. The Morgan fingerprint density at radius 2 is 2.31 bits per heavy atom. The van der Waals surface area contributed by atoms with Gasteiger partial charge < -0.3 is 15.6 Å². The molecule has 0 radical (unpaired) electrons. The second kappa shape index (κ2) is 4.20. The Morgan fingerprint density at radius 3 is 2.85 bits per heavy atom. The molecule has 0 spiro atoms. The Hall–Kier alpha value is -1.13. The van der Waals surface area contributed by atoms with Crippen molar-refractivity contribution >= 4 is 0 Å². The summed E-state index contributed by atoms with van der Waals surface area (Å²) in [7, 11) is 1.53. The minimum atomic E-state index is -0.645. The minimum Gasteiger partial charge on any atom is -0.505 e. The van der Waals surface area contributed by atoms with Gasteiger partial charge in [0.25, 0.3) is 0 Å². The van der Waals surface area contributed by atoms with Crippen LogP contribution in [0.2, 0.25) is 0 Å². The number of methoxy groups -OCH3 is 1. The number of phenols is 1. The number of halogens is 1. The predicted octanol–water partition coefficient (Wildman–Crippen LogP) is 1.18. The second-order valence-electron chi connectivity index (χ2n) is 2.77. The van der Waals surface area contributed by atoms with Gasteiger partial charge in [-0.15, -0.1) is 0 Å². The fraction of sp³-hybridized carbons (Fsp3) is 0.333. The molecule has 1 rings (SSSR count). The standard InChI is InChI=1S/C9H12FNO2/c1-13-5-8(11)6-2-3-7(10)9(12)4-6/h2-4,8,12H,5,11H2,1H3/t8-/m0/s1. The molecule has 0 bridgehead atoms. The first kappa shape index (κ1) is 9.95. The van der Waals surface area contributed by atoms with Gasteiger partial charge in [0.1, 0.15) is 0 Å². The molecule has 0 fully saturated rings. The van der Waals surface area contributed by atoms with Crippen LogP contribution < -0.4 is 5.73 Å². The molecule has 0 aliphatic carbocycles. The summed E-state index contributed by atoms with van der Waals surface area (Å²) in [5, 5.41) is 9.05. The zero-order chi connectivity index (χ0) is 9.84. The van der Waals surface area contributed by atoms with Crippen LogP contribution in [0.5, 0.6) is 5.75 Å². The van der Waals surface area contributed by atoms with Gasteiger partial charge >= 0.3 is 0 Å². The van der Waals surface area contributed by atoms with Crippen molar-refractivity contribution in [1.29, 1.82) is 0 Å². The van der Waals surface area contributed by atoms with E-state index in [4.69, 9.17) is 15.6 Å². The van der Waals surface area contributed by atoms with Gasteiger partial charge in [0.05, 0.1) is 12.6 Å². The summed E-state index contributed by atoms with van der Waals surface area (Å²) < 4.78 is 17.5. The van der Waals surface area contributed by atoms with E-state index in [2.05, 4.69) is 0 Å². The van der Waals surface area contributed by atoms with Crippen molar-refractivity contribution in [3.8, 4) is 5.75 Å². The van der Waals surface area contributed by atoms with Crippen molar-refractivity contribution in [3.63, 3.8) is 0 Å². The van der Waals surface area contributed by atoms with E-state index in [0.29, 0.717) is 12.2 Å². The van der Waals surface area contributed by atoms with Crippen LogP contribution in [-0.2, 0) is 4.74 Å². The molecule has 0 saturated carbocycles. The smallest absolute Gasteiger partial charge is 0.164 e. The van der Waals surface area contributed by atoms with E-state index >= 15 is 0 Å². The van der Waals surface area contributed by atoms with Crippen molar-refractivity contribution in [2.75, 3.05) is 13.7 Å². The monoisotopic (exact) mass is 185 g/mol. The van der Waals surface area contributed by atoms with Gasteiger partial charge in [-0.05, 0) is 17.7 Å². The molecule has 1 atom stereocenters. The molecule has 72 valence electrons. The molecule has 13 heavy (non-hydrogen) atoms. The molecule has 1 aromatic rings. The third-order valence-electron chi connectivity index (χ3n) is 1.74. The minimum absolute atomic E-state index is 0.337. The molecule has 0 amide bonds. The molecule has 0 aliphatic rings. The summed E-state index contributed by atoms with van der Waals surface area (Å²) >= 11 is 0. The molecule has 3 N–H and O–H groups in total. The van der Waals surface area contributed by atoms with E-state index in [-0.39, 0.29) is 11.8 Å². The molecular weight excluding hydrogens is 173 g/mol. The van der Waals surface area contributed by atoms with Crippen molar-refractivity contribution in [2.45, 2.75) is 6.04 Å². The molecular formula is C9H12FNO2. The highest BCUT2D eigenvalue weighted by molar-refractivity contribution is 5.30. The van der Waals surface area contributed by atoms with Gasteiger partial charge in [0.15, 0.2) is 11.6 Å². The van der Waals surface area contributed by atoms with E-state index in [9.17, 15) is 4.39 Å². The van der Waals surface area contributed by atoms with Crippen LogP contribution in [0.15, 0.2) is 18.2 Å². The Kier molecular flexibility index (Phi) is 3.22. The summed E-state index contributed by atoms with van der Waals surface area (Å²) in [5.74, 6) is -1.03. The lowest BCUT2D eigenvalue weighted by atomic mass is 10.1.